The van der Waals surface area contributed by atoms with Crippen LogP contribution in [0.4, 0.5) is 0 Å². The van der Waals surface area contributed by atoms with Crippen molar-refractivity contribution in [3.8, 4) is 0 Å². The first-order chi connectivity index (χ1) is 7.99. The number of rotatable bonds is 3. The van der Waals surface area contributed by atoms with Gasteiger partial charge in [-0.2, -0.15) is 0 Å². The molecule has 0 spiro atoms. The minimum Gasteiger partial charge on any atom is -0.478 e. The van der Waals surface area contributed by atoms with Crippen LogP contribution in [-0.2, 0) is 6.54 Å². The van der Waals surface area contributed by atoms with Gasteiger partial charge in [0.2, 0.25) is 0 Å². The molecule has 0 fully saturated rings. The van der Waals surface area contributed by atoms with Gasteiger partial charge in [-0.15, -0.1) is 0 Å². The molecule has 4 heteroatoms. The number of benzene rings is 1. The summed E-state index contributed by atoms with van der Waals surface area (Å²) in [7, 11) is 0. The van der Waals surface area contributed by atoms with Crippen molar-refractivity contribution in [2.75, 3.05) is 6.54 Å². The molecule has 1 heterocycles. The summed E-state index contributed by atoms with van der Waals surface area (Å²) in [4.78, 5) is 24.6. The van der Waals surface area contributed by atoms with Gasteiger partial charge < -0.3 is 10.0 Å². The number of carboxylic acids is 1. The molecule has 0 bridgehead atoms. The highest BCUT2D eigenvalue weighted by Crippen LogP contribution is 2.24. The summed E-state index contributed by atoms with van der Waals surface area (Å²) < 4.78 is 0. The molecule has 2 rings (SSSR count). The molecule has 0 radical (unpaired) electrons. The topological polar surface area (TPSA) is 57.6 Å². The van der Waals surface area contributed by atoms with E-state index in [1.807, 2.05) is 0 Å². The molecule has 1 N–H and O–H groups in total. The number of amides is 1. The maximum Gasteiger partial charge on any atom is 0.335 e. The Morgan fingerprint density at radius 1 is 1.47 bits per heavy atom. The van der Waals surface area contributed by atoms with Gasteiger partial charge in [-0.05, 0) is 29.7 Å². The van der Waals surface area contributed by atoms with Crippen molar-refractivity contribution in [2.24, 2.45) is 5.92 Å². The molecule has 1 aliphatic rings. The third-order valence-corrected chi connectivity index (χ3v) is 2.82. The molecule has 1 aromatic carbocycles. The van der Waals surface area contributed by atoms with Crippen LogP contribution in [0.15, 0.2) is 18.2 Å². The molecule has 0 saturated heterocycles. The van der Waals surface area contributed by atoms with Gasteiger partial charge in [-0.25, -0.2) is 4.79 Å². The highest BCUT2D eigenvalue weighted by atomic mass is 16.4. The molecule has 1 aromatic rings. The predicted octanol–water partition coefficient (Wildman–Crippen LogP) is 2.00. The summed E-state index contributed by atoms with van der Waals surface area (Å²) in [6, 6.07) is 4.69. The van der Waals surface area contributed by atoms with E-state index < -0.39 is 5.97 Å². The van der Waals surface area contributed by atoms with E-state index >= 15 is 0 Å². The zero-order valence-electron chi connectivity index (χ0n) is 9.93. The Bertz CT molecular complexity index is 480. The highest BCUT2D eigenvalue weighted by Gasteiger charge is 2.28. The number of aromatic carboxylic acids is 1. The minimum absolute atomic E-state index is 0.00522. The van der Waals surface area contributed by atoms with Gasteiger partial charge in [0.1, 0.15) is 0 Å². The van der Waals surface area contributed by atoms with Gasteiger partial charge in [0, 0.05) is 18.7 Å². The smallest absolute Gasteiger partial charge is 0.335 e. The van der Waals surface area contributed by atoms with Gasteiger partial charge in [0.25, 0.3) is 5.91 Å². The minimum atomic E-state index is -0.956. The second-order valence-electron chi connectivity index (χ2n) is 4.76. The molecule has 0 atom stereocenters. The average molecular weight is 233 g/mol. The zero-order chi connectivity index (χ0) is 12.6. The van der Waals surface area contributed by atoms with Gasteiger partial charge in [0.15, 0.2) is 0 Å². The Morgan fingerprint density at radius 3 is 2.76 bits per heavy atom. The Morgan fingerprint density at radius 2 is 2.18 bits per heavy atom. The molecule has 1 aliphatic heterocycles. The first kappa shape index (κ1) is 11.6. The molecule has 1 amide bonds. The van der Waals surface area contributed by atoms with Crippen LogP contribution in [0.5, 0.6) is 0 Å². The van der Waals surface area contributed by atoms with Crippen LogP contribution in [0.25, 0.3) is 0 Å². The van der Waals surface area contributed by atoms with Gasteiger partial charge >= 0.3 is 5.97 Å². The number of carboxylic acid groups (broad SMARTS) is 1. The van der Waals surface area contributed by atoms with Crippen LogP contribution in [0.2, 0.25) is 0 Å². The fourth-order valence-corrected chi connectivity index (χ4v) is 2.10. The van der Waals surface area contributed by atoms with Gasteiger partial charge in [0.05, 0.1) is 5.56 Å². The fraction of sp³-hybridized carbons (Fsp3) is 0.385. The van der Waals surface area contributed by atoms with Crippen molar-refractivity contribution < 1.29 is 14.7 Å². The molecule has 4 nitrogen and oxygen atoms in total. The van der Waals surface area contributed by atoms with Crippen LogP contribution in [0, 0.1) is 5.92 Å². The van der Waals surface area contributed by atoms with Crippen LogP contribution in [0.3, 0.4) is 0 Å². The zero-order valence-corrected chi connectivity index (χ0v) is 9.93. The van der Waals surface area contributed by atoms with E-state index in [-0.39, 0.29) is 11.5 Å². The first-order valence-electron chi connectivity index (χ1n) is 5.64. The molecular weight excluding hydrogens is 218 g/mol. The quantitative estimate of drug-likeness (QED) is 0.868. The Balaban J connectivity index is 2.28. The second-order valence-corrected chi connectivity index (χ2v) is 4.76. The summed E-state index contributed by atoms with van der Waals surface area (Å²) in [5.41, 5.74) is 1.69. The number of carbonyl (C=O) groups excluding carboxylic acids is 1. The standard InChI is InChI=1S/C13H15NO3/c1-8(2)6-14-7-10-5-9(13(16)17)3-4-11(10)12(14)15/h3-5,8H,6-7H2,1-2H3,(H,16,17). The Labute approximate surface area is 99.9 Å². The Hall–Kier alpha value is -1.84. The Kier molecular flexibility index (Phi) is 2.88. The summed E-state index contributed by atoms with van der Waals surface area (Å²) >= 11 is 0. The molecule has 0 saturated carbocycles. The maximum atomic E-state index is 12.0. The van der Waals surface area contributed by atoms with Crippen molar-refractivity contribution in [2.45, 2.75) is 20.4 Å². The average Bonchev–Trinajstić information content (AvgIpc) is 2.54. The summed E-state index contributed by atoms with van der Waals surface area (Å²) in [6.07, 6.45) is 0. The summed E-state index contributed by atoms with van der Waals surface area (Å²) in [5, 5.41) is 8.89. The molecular formula is C13H15NO3. The molecule has 0 aliphatic carbocycles. The van der Waals surface area contributed by atoms with E-state index in [2.05, 4.69) is 13.8 Å². The van der Waals surface area contributed by atoms with E-state index in [1.165, 1.54) is 6.07 Å². The lowest BCUT2D eigenvalue weighted by molar-refractivity contribution is 0.0695. The number of fused-ring (bicyclic) bond motifs is 1. The van der Waals surface area contributed by atoms with Crippen molar-refractivity contribution >= 4 is 11.9 Å². The third-order valence-electron chi connectivity index (χ3n) is 2.82. The van der Waals surface area contributed by atoms with Crippen LogP contribution in [0.1, 0.15) is 40.1 Å². The van der Waals surface area contributed by atoms with Crippen molar-refractivity contribution in [1.29, 1.82) is 0 Å². The lowest BCUT2D eigenvalue weighted by atomic mass is 10.1. The third kappa shape index (κ3) is 2.16. The molecule has 90 valence electrons. The molecule has 0 unspecified atom stereocenters. The van der Waals surface area contributed by atoms with Crippen LogP contribution >= 0.6 is 0 Å². The molecule has 17 heavy (non-hydrogen) atoms. The number of carbonyl (C=O) groups is 2. The highest BCUT2D eigenvalue weighted by molar-refractivity contribution is 5.99. The number of hydrogen-bond donors (Lipinski definition) is 1. The number of hydrogen-bond acceptors (Lipinski definition) is 2. The summed E-state index contributed by atoms with van der Waals surface area (Å²) in [5.74, 6) is -0.541. The van der Waals surface area contributed by atoms with Gasteiger partial charge in [-0.1, -0.05) is 13.8 Å². The predicted molar refractivity (Wildman–Crippen MR) is 63.0 cm³/mol. The monoisotopic (exact) mass is 233 g/mol. The largest absolute Gasteiger partial charge is 0.478 e. The second kappa shape index (κ2) is 4.20. The van der Waals surface area contributed by atoms with Crippen LogP contribution < -0.4 is 0 Å². The van der Waals surface area contributed by atoms with E-state index in [9.17, 15) is 9.59 Å². The van der Waals surface area contributed by atoms with Gasteiger partial charge in [-0.3, -0.25) is 4.79 Å². The van der Waals surface area contributed by atoms with E-state index in [4.69, 9.17) is 5.11 Å². The SMILES string of the molecule is CC(C)CN1Cc2cc(C(=O)O)ccc2C1=O. The normalized spacial score (nSPS) is 14.3. The van der Waals surface area contributed by atoms with E-state index in [0.717, 1.165) is 5.56 Å². The lowest BCUT2D eigenvalue weighted by Crippen LogP contribution is -2.27. The fourth-order valence-electron chi connectivity index (χ4n) is 2.10. The van der Waals surface area contributed by atoms with Crippen molar-refractivity contribution in [3.05, 3.63) is 34.9 Å². The van der Waals surface area contributed by atoms with Crippen molar-refractivity contribution in [1.82, 2.24) is 4.90 Å². The summed E-state index contributed by atoms with van der Waals surface area (Å²) in [6.45, 7) is 5.33. The van der Waals surface area contributed by atoms with Crippen molar-refractivity contribution in [3.63, 3.8) is 0 Å². The first-order valence-corrected chi connectivity index (χ1v) is 5.64. The lowest BCUT2D eigenvalue weighted by Gasteiger charge is -2.17. The number of nitrogens with zero attached hydrogens (tertiary/aromatic N) is 1. The maximum absolute atomic E-state index is 12.0. The molecule has 0 aromatic heterocycles. The van der Waals surface area contributed by atoms with Crippen LogP contribution in [-0.4, -0.2) is 28.4 Å². The van der Waals surface area contributed by atoms with E-state index in [0.29, 0.717) is 24.6 Å². The van der Waals surface area contributed by atoms with E-state index in [1.54, 1.807) is 17.0 Å².